The van der Waals surface area contributed by atoms with Gasteiger partial charge in [0.2, 0.25) is 0 Å². The van der Waals surface area contributed by atoms with Gasteiger partial charge in [-0.1, -0.05) is 25.1 Å². The van der Waals surface area contributed by atoms with E-state index in [2.05, 4.69) is 60.7 Å². The molecule has 4 nitrogen and oxygen atoms in total. The molecule has 0 atom stereocenters. The number of aromatic carboxylic acids is 1. The van der Waals surface area contributed by atoms with E-state index in [4.69, 9.17) is 5.11 Å². The van der Waals surface area contributed by atoms with E-state index in [0.717, 1.165) is 29.1 Å². The van der Waals surface area contributed by atoms with Gasteiger partial charge >= 0.3 is 5.97 Å². The highest BCUT2D eigenvalue weighted by atomic mass is 16.4. The van der Waals surface area contributed by atoms with Crippen molar-refractivity contribution < 1.29 is 9.90 Å². The fourth-order valence-electron chi connectivity index (χ4n) is 3.15. The predicted molar refractivity (Wildman–Crippen MR) is 105 cm³/mol. The molecule has 0 aliphatic rings. The molecule has 26 heavy (non-hydrogen) atoms. The van der Waals surface area contributed by atoms with Crippen molar-refractivity contribution in [3.63, 3.8) is 0 Å². The van der Waals surface area contributed by atoms with E-state index in [1.807, 2.05) is 6.21 Å². The highest BCUT2D eigenvalue weighted by Gasteiger charge is 2.11. The van der Waals surface area contributed by atoms with Gasteiger partial charge in [-0.15, -0.1) is 0 Å². The number of carboxylic acid groups (broad SMARTS) is 1. The van der Waals surface area contributed by atoms with Gasteiger partial charge in [-0.05, 0) is 62.2 Å². The Labute approximate surface area is 153 Å². The van der Waals surface area contributed by atoms with E-state index in [1.54, 1.807) is 24.3 Å². The minimum Gasteiger partial charge on any atom is -0.478 e. The average molecular weight is 346 g/mol. The summed E-state index contributed by atoms with van der Waals surface area (Å²) in [5.74, 6) is -0.932. The normalized spacial score (nSPS) is 11.2. The fourth-order valence-corrected chi connectivity index (χ4v) is 3.15. The van der Waals surface area contributed by atoms with Gasteiger partial charge < -0.3 is 9.67 Å². The number of carboxylic acids is 1. The number of aryl methyl sites for hydroxylation is 2. The molecule has 0 amide bonds. The van der Waals surface area contributed by atoms with Crippen LogP contribution < -0.4 is 0 Å². The molecule has 0 saturated heterocycles. The van der Waals surface area contributed by atoms with Crippen molar-refractivity contribution in [2.24, 2.45) is 4.99 Å². The number of rotatable bonds is 5. The summed E-state index contributed by atoms with van der Waals surface area (Å²) in [5.41, 5.74) is 6.85. The zero-order chi connectivity index (χ0) is 18.7. The lowest BCUT2D eigenvalue weighted by atomic mass is 10.1. The topological polar surface area (TPSA) is 54.6 Å². The van der Waals surface area contributed by atoms with Crippen molar-refractivity contribution in [3.05, 3.63) is 82.7 Å². The third-order valence-corrected chi connectivity index (χ3v) is 4.55. The van der Waals surface area contributed by atoms with Crippen LogP contribution in [0.2, 0.25) is 0 Å². The van der Waals surface area contributed by atoms with Crippen LogP contribution in [0, 0.1) is 13.8 Å². The van der Waals surface area contributed by atoms with E-state index in [-0.39, 0.29) is 5.56 Å². The molecule has 0 bridgehead atoms. The maximum atomic E-state index is 10.9. The van der Waals surface area contributed by atoms with Gasteiger partial charge in [-0.2, -0.15) is 0 Å². The number of carbonyl (C=O) groups is 1. The average Bonchev–Trinajstić information content (AvgIpc) is 2.93. The third-order valence-electron chi connectivity index (χ3n) is 4.55. The Hall–Kier alpha value is -3.14. The standard InChI is InChI=1S/C22H22N2O2/c1-4-17-7-5-6-8-21(17)24-15(2)13-19(16(24)3)14-23-20-11-9-18(10-12-20)22(25)26/h5-14H,4H2,1-3H3,(H,25,26). The van der Waals surface area contributed by atoms with Gasteiger partial charge in [0.05, 0.1) is 11.3 Å². The minimum atomic E-state index is -0.932. The van der Waals surface area contributed by atoms with Gasteiger partial charge in [0, 0.05) is 28.9 Å². The number of aromatic nitrogens is 1. The highest BCUT2D eigenvalue weighted by molar-refractivity contribution is 5.88. The summed E-state index contributed by atoms with van der Waals surface area (Å²) >= 11 is 0. The summed E-state index contributed by atoms with van der Waals surface area (Å²) in [5, 5.41) is 8.96. The van der Waals surface area contributed by atoms with E-state index < -0.39 is 5.97 Å². The second-order valence-corrected chi connectivity index (χ2v) is 6.25. The van der Waals surface area contributed by atoms with Crippen LogP contribution >= 0.6 is 0 Å². The Kier molecular flexibility index (Phi) is 5.03. The van der Waals surface area contributed by atoms with Gasteiger partial charge in [-0.3, -0.25) is 4.99 Å². The van der Waals surface area contributed by atoms with Crippen LogP contribution in [-0.2, 0) is 6.42 Å². The molecule has 0 aliphatic heterocycles. The first kappa shape index (κ1) is 17.7. The smallest absolute Gasteiger partial charge is 0.335 e. The monoisotopic (exact) mass is 346 g/mol. The fraction of sp³-hybridized carbons (Fsp3) is 0.182. The molecule has 1 aromatic heterocycles. The summed E-state index contributed by atoms with van der Waals surface area (Å²) in [7, 11) is 0. The van der Waals surface area contributed by atoms with E-state index in [9.17, 15) is 4.79 Å². The third kappa shape index (κ3) is 3.45. The van der Waals surface area contributed by atoms with Crippen molar-refractivity contribution in [1.29, 1.82) is 0 Å². The van der Waals surface area contributed by atoms with Gasteiger partial charge in [0.15, 0.2) is 0 Å². The number of nitrogens with zero attached hydrogens (tertiary/aromatic N) is 2. The van der Waals surface area contributed by atoms with E-state index >= 15 is 0 Å². The summed E-state index contributed by atoms with van der Waals surface area (Å²) in [6, 6.07) is 17.1. The number of hydrogen-bond acceptors (Lipinski definition) is 2. The van der Waals surface area contributed by atoms with Crippen LogP contribution in [0.5, 0.6) is 0 Å². The van der Waals surface area contributed by atoms with Crippen molar-refractivity contribution in [3.8, 4) is 5.69 Å². The summed E-state index contributed by atoms with van der Waals surface area (Å²) < 4.78 is 2.26. The van der Waals surface area contributed by atoms with Gasteiger partial charge in [0.1, 0.15) is 0 Å². The molecule has 1 N–H and O–H groups in total. The second-order valence-electron chi connectivity index (χ2n) is 6.25. The van der Waals surface area contributed by atoms with Crippen molar-refractivity contribution >= 4 is 17.9 Å². The van der Waals surface area contributed by atoms with Crippen LogP contribution in [0.15, 0.2) is 59.6 Å². The molecule has 0 spiro atoms. The maximum Gasteiger partial charge on any atom is 0.335 e. The molecule has 132 valence electrons. The zero-order valence-corrected chi connectivity index (χ0v) is 15.2. The zero-order valence-electron chi connectivity index (χ0n) is 15.2. The molecule has 4 heteroatoms. The first-order valence-corrected chi connectivity index (χ1v) is 8.66. The first-order chi connectivity index (χ1) is 12.5. The van der Waals surface area contributed by atoms with Crippen molar-refractivity contribution in [1.82, 2.24) is 4.57 Å². The van der Waals surface area contributed by atoms with Crippen LogP contribution in [-0.4, -0.2) is 21.9 Å². The molecular weight excluding hydrogens is 324 g/mol. The summed E-state index contributed by atoms with van der Waals surface area (Å²) in [4.78, 5) is 15.4. The molecule has 0 unspecified atom stereocenters. The van der Waals surface area contributed by atoms with Crippen LogP contribution in [0.25, 0.3) is 5.69 Å². The lowest BCUT2D eigenvalue weighted by molar-refractivity contribution is 0.0697. The molecule has 3 rings (SSSR count). The van der Waals surface area contributed by atoms with Gasteiger partial charge in [0.25, 0.3) is 0 Å². The second kappa shape index (κ2) is 7.40. The Bertz CT molecular complexity index is 966. The minimum absolute atomic E-state index is 0.262. The Morgan fingerprint density at radius 2 is 1.81 bits per heavy atom. The molecule has 0 radical (unpaired) electrons. The van der Waals surface area contributed by atoms with Gasteiger partial charge in [-0.25, -0.2) is 4.79 Å². The molecule has 3 aromatic rings. The van der Waals surface area contributed by atoms with Crippen molar-refractivity contribution in [2.75, 3.05) is 0 Å². The molecule has 2 aromatic carbocycles. The van der Waals surface area contributed by atoms with Crippen LogP contribution in [0.1, 0.15) is 39.8 Å². The van der Waals surface area contributed by atoms with Crippen molar-refractivity contribution in [2.45, 2.75) is 27.2 Å². The molecule has 0 fully saturated rings. The number of aliphatic imine (C=N–C) groups is 1. The van der Waals surface area contributed by atoms with Crippen LogP contribution in [0.3, 0.4) is 0 Å². The Morgan fingerprint density at radius 1 is 1.12 bits per heavy atom. The number of para-hydroxylation sites is 1. The first-order valence-electron chi connectivity index (χ1n) is 8.66. The lowest BCUT2D eigenvalue weighted by Gasteiger charge is -2.13. The summed E-state index contributed by atoms with van der Waals surface area (Å²) in [6.45, 7) is 6.35. The largest absolute Gasteiger partial charge is 0.478 e. The number of benzene rings is 2. The molecular formula is C22H22N2O2. The SMILES string of the molecule is CCc1ccccc1-n1c(C)cc(C=Nc2ccc(C(=O)O)cc2)c1C. The Balaban J connectivity index is 1.94. The Morgan fingerprint density at radius 3 is 2.46 bits per heavy atom. The van der Waals surface area contributed by atoms with E-state index in [1.165, 1.54) is 11.3 Å². The molecule has 0 saturated carbocycles. The summed E-state index contributed by atoms with van der Waals surface area (Å²) in [6.07, 6.45) is 2.82. The lowest BCUT2D eigenvalue weighted by Crippen LogP contribution is -2.03. The van der Waals surface area contributed by atoms with E-state index in [0.29, 0.717) is 0 Å². The quantitative estimate of drug-likeness (QED) is 0.653. The molecule has 0 aliphatic carbocycles. The highest BCUT2D eigenvalue weighted by Crippen LogP contribution is 2.23. The predicted octanol–water partition coefficient (Wildman–Crippen LogP) is 5.11. The molecule has 1 heterocycles. The number of hydrogen-bond donors (Lipinski definition) is 1. The van der Waals surface area contributed by atoms with Crippen LogP contribution in [0.4, 0.5) is 5.69 Å². The maximum absolute atomic E-state index is 10.9.